The van der Waals surface area contributed by atoms with Crippen molar-refractivity contribution in [1.82, 2.24) is 4.90 Å². The van der Waals surface area contributed by atoms with Gasteiger partial charge in [0.25, 0.3) is 5.91 Å². The molecule has 3 atom stereocenters. The Balaban J connectivity index is 1.53. The zero-order valence-electron chi connectivity index (χ0n) is 18.4. The number of piperidine rings is 1. The molecule has 1 amide bonds. The second-order valence-electron chi connectivity index (χ2n) is 10.1. The Morgan fingerprint density at radius 2 is 1.83 bits per heavy atom. The molecule has 5 heteroatoms. The van der Waals surface area contributed by atoms with Crippen LogP contribution in [-0.2, 0) is 0 Å². The molecular weight excluding hydrogens is 378 g/mol. The van der Waals surface area contributed by atoms with Crippen molar-refractivity contribution in [3.8, 4) is 5.75 Å². The van der Waals surface area contributed by atoms with Crippen LogP contribution in [0.25, 0.3) is 11.0 Å². The van der Waals surface area contributed by atoms with Gasteiger partial charge in [0.2, 0.25) is 0 Å². The van der Waals surface area contributed by atoms with Crippen LogP contribution in [0.1, 0.15) is 86.6 Å². The fraction of sp³-hybridized carbons (Fsp3) is 0.640. The first-order chi connectivity index (χ1) is 14.4. The van der Waals surface area contributed by atoms with E-state index in [1.54, 1.807) is 0 Å². The van der Waals surface area contributed by atoms with Crippen molar-refractivity contribution in [3.05, 3.63) is 29.0 Å². The average molecular weight is 412 g/mol. The standard InChI is InChI=1S/C25H33NO4/c1-15-11-16(2)14-26(13-15)24(28)23-17(3)21-19(29-23)7-8-20-22(21)18(27)12-25(30-20)9-5-4-6-10-25/h7-8,15-16,18,27H,4-6,9-14H2,1-3H3/t15-,16-,18-/m1/s1. The number of ether oxygens (including phenoxy) is 1. The Morgan fingerprint density at radius 1 is 1.13 bits per heavy atom. The van der Waals surface area contributed by atoms with Crippen molar-refractivity contribution >= 4 is 16.9 Å². The van der Waals surface area contributed by atoms with Gasteiger partial charge in [0, 0.05) is 36.0 Å². The van der Waals surface area contributed by atoms with Gasteiger partial charge in [-0.2, -0.15) is 0 Å². The number of nitrogens with zero attached hydrogens (tertiary/aromatic N) is 1. The number of amides is 1. The molecular formula is C25H33NO4. The number of hydrogen-bond acceptors (Lipinski definition) is 4. The predicted molar refractivity (Wildman–Crippen MR) is 116 cm³/mol. The first kappa shape index (κ1) is 19.9. The third-order valence-corrected chi connectivity index (χ3v) is 7.44. The summed E-state index contributed by atoms with van der Waals surface area (Å²) in [7, 11) is 0. The van der Waals surface area contributed by atoms with Crippen LogP contribution in [0.4, 0.5) is 0 Å². The number of hydrogen-bond donors (Lipinski definition) is 1. The first-order valence-corrected chi connectivity index (χ1v) is 11.6. The van der Waals surface area contributed by atoms with Crippen LogP contribution in [0.3, 0.4) is 0 Å². The van der Waals surface area contributed by atoms with E-state index in [4.69, 9.17) is 9.15 Å². The molecule has 162 valence electrons. The van der Waals surface area contributed by atoms with Gasteiger partial charge in [-0.1, -0.05) is 20.3 Å². The number of carbonyl (C=O) groups excluding carboxylic acids is 1. The van der Waals surface area contributed by atoms with E-state index in [-0.39, 0.29) is 11.5 Å². The van der Waals surface area contributed by atoms with E-state index in [9.17, 15) is 9.90 Å². The van der Waals surface area contributed by atoms with Crippen molar-refractivity contribution in [1.29, 1.82) is 0 Å². The van der Waals surface area contributed by atoms with Crippen LogP contribution < -0.4 is 4.74 Å². The van der Waals surface area contributed by atoms with Crippen molar-refractivity contribution in [2.24, 2.45) is 11.8 Å². The van der Waals surface area contributed by atoms with Gasteiger partial charge in [-0.05, 0) is 63.0 Å². The second-order valence-corrected chi connectivity index (χ2v) is 10.1. The van der Waals surface area contributed by atoms with Crippen molar-refractivity contribution in [3.63, 3.8) is 0 Å². The number of furan rings is 1. The maximum Gasteiger partial charge on any atom is 0.289 e. The zero-order valence-corrected chi connectivity index (χ0v) is 18.4. The van der Waals surface area contributed by atoms with E-state index < -0.39 is 6.10 Å². The lowest BCUT2D eigenvalue weighted by Crippen LogP contribution is -2.43. The molecule has 3 aliphatic rings. The number of rotatable bonds is 1. The third kappa shape index (κ3) is 3.22. The monoisotopic (exact) mass is 411 g/mol. The molecule has 1 spiro atoms. The lowest BCUT2D eigenvalue weighted by Gasteiger charge is -2.43. The summed E-state index contributed by atoms with van der Waals surface area (Å²) in [5, 5.41) is 12.0. The van der Waals surface area contributed by atoms with Gasteiger partial charge < -0.3 is 19.2 Å². The van der Waals surface area contributed by atoms with E-state index in [0.29, 0.717) is 29.6 Å². The van der Waals surface area contributed by atoms with Crippen molar-refractivity contribution < 1.29 is 19.1 Å². The molecule has 0 radical (unpaired) electrons. The first-order valence-electron chi connectivity index (χ1n) is 11.6. The third-order valence-electron chi connectivity index (χ3n) is 7.44. The summed E-state index contributed by atoms with van der Waals surface area (Å²) >= 11 is 0. The SMILES string of the molecule is Cc1c(C(=O)N2C[C@H](C)C[C@@H](C)C2)oc2ccc3c(c12)[C@H](O)CC1(CCCCC1)O3. The Labute approximate surface area is 178 Å². The molecule has 1 aromatic carbocycles. The minimum Gasteiger partial charge on any atom is -0.487 e. The average Bonchev–Trinajstić information content (AvgIpc) is 3.03. The number of likely N-dealkylation sites (tertiary alicyclic amines) is 1. The predicted octanol–water partition coefficient (Wildman–Crippen LogP) is 5.38. The van der Waals surface area contributed by atoms with Crippen LogP contribution in [0.5, 0.6) is 5.75 Å². The summed E-state index contributed by atoms with van der Waals surface area (Å²) in [6.07, 6.45) is 6.73. The molecule has 2 aromatic rings. The summed E-state index contributed by atoms with van der Waals surface area (Å²) < 4.78 is 12.6. The number of aliphatic hydroxyl groups excluding tert-OH is 1. The minimum absolute atomic E-state index is 0.0363. The van der Waals surface area contributed by atoms with E-state index in [1.165, 1.54) is 6.42 Å². The molecule has 3 heterocycles. The highest BCUT2D eigenvalue weighted by Gasteiger charge is 2.43. The van der Waals surface area contributed by atoms with Crippen LogP contribution in [0.15, 0.2) is 16.5 Å². The molecule has 1 aromatic heterocycles. The number of benzene rings is 1. The van der Waals surface area contributed by atoms with E-state index in [0.717, 1.165) is 67.5 Å². The summed E-state index contributed by atoms with van der Waals surface area (Å²) in [5.74, 6) is 2.12. The van der Waals surface area contributed by atoms with Crippen molar-refractivity contribution in [2.75, 3.05) is 13.1 Å². The molecule has 5 nitrogen and oxygen atoms in total. The maximum absolute atomic E-state index is 13.3. The van der Waals surface area contributed by atoms with Gasteiger partial charge in [-0.25, -0.2) is 0 Å². The normalized spacial score (nSPS) is 28.4. The Bertz CT molecular complexity index is 961. The molecule has 1 N–H and O–H groups in total. The second kappa shape index (κ2) is 7.30. The van der Waals surface area contributed by atoms with Crippen LogP contribution >= 0.6 is 0 Å². The van der Waals surface area contributed by atoms with E-state index >= 15 is 0 Å². The molecule has 0 bridgehead atoms. The van der Waals surface area contributed by atoms with Gasteiger partial charge in [0.15, 0.2) is 5.76 Å². The zero-order chi connectivity index (χ0) is 21.0. The number of aliphatic hydroxyl groups is 1. The Morgan fingerprint density at radius 3 is 2.53 bits per heavy atom. The largest absolute Gasteiger partial charge is 0.487 e. The molecule has 0 unspecified atom stereocenters. The van der Waals surface area contributed by atoms with Crippen LogP contribution in [0, 0.1) is 18.8 Å². The lowest BCUT2D eigenvalue weighted by molar-refractivity contribution is -0.0373. The molecule has 1 saturated heterocycles. The van der Waals surface area contributed by atoms with Gasteiger partial charge >= 0.3 is 0 Å². The molecule has 2 fully saturated rings. The summed E-state index contributed by atoms with van der Waals surface area (Å²) in [6.45, 7) is 7.88. The minimum atomic E-state index is -0.593. The number of carbonyl (C=O) groups is 1. The smallest absolute Gasteiger partial charge is 0.289 e. The van der Waals surface area contributed by atoms with E-state index in [2.05, 4.69) is 13.8 Å². The summed E-state index contributed by atoms with van der Waals surface area (Å²) in [5.41, 5.74) is 2.04. The Hall–Kier alpha value is -2.01. The summed E-state index contributed by atoms with van der Waals surface area (Å²) in [4.78, 5) is 15.2. The summed E-state index contributed by atoms with van der Waals surface area (Å²) in [6, 6.07) is 3.81. The molecule has 1 aliphatic carbocycles. The molecule has 1 saturated carbocycles. The highest BCUT2D eigenvalue weighted by Crippen LogP contribution is 2.49. The molecule has 5 rings (SSSR count). The topological polar surface area (TPSA) is 62.9 Å². The maximum atomic E-state index is 13.3. The highest BCUT2D eigenvalue weighted by molar-refractivity contribution is 6.00. The Kier molecular flexibility index (Phi) is 4.85. The van der Waals surface area contributed by atoms with Gasteiger partial charge in [0.05, 0.1) is 6.10 Å². The fourth-order valence-corrected chi connectivity index (χ4v) is 6.18. The number of fused-ring (bicyclic) bond motifs is 3. The lowest BCUT2D eigenvalue weighted by atomic mass is 9.77. The van der Waals surface area contributed by atoms with Crippen molar-refractivity contribution in [2.45, 2.75) is 77.4 Å². The van der Waals surface area contributed by atoms with Gasteiger partial charge in [-0.3, -0.25) is 4.79 Å². The molecule has 2 aliphatic heterocycles. The number of aryl methyl sites for hydroxylation is 1. The van der Waals surface area contributed by atoms with E-state index in [1.807, 2.05) is 24.0 Å². The van der Waals surface area contributed by atoms with Crippen LogP contribution in [0.2, 0.25) is 0 Å². The highest BCUT2D eigenvalue weighted by atomic mass is 16.5. The molecule has 30 heavy (non-hydrogen) atoms. The van der Waals surface area contributed by atoms with Crippen LogP contribution in [-0.4, -0.2) is 34.6 Å². The quantitative estimate of drug-likeness (QED) is 0.684. The van der Waals surface area contributed by atoms with Gasteiger partial charge in [0.1, 0.15) is 16.9 Å². The fourth-order valence-electron chi connectivity index (χ4n) is 6.18. The van der Waals surface area contributed by atoms with Gasteiger partial charge in [-0.15, -0.1) is 0 Å².